The summed E-state index contributed by atoms with van der Waals surface area (Å²) in [6.07, 6.45) is 3.44. The Morgan fingerprint density at radius 1 is 1.29 bits per heavy atom. The SMILES string of the molecule is CCCCCS(CC(C)C)=P(O)(O)S. The second-order valence-corrected chi connectivity index (χ2v) is 12.2. The largest absolute Gasteiger partial charge is 0.341 e. The lowest BCUT2D eigenvalue weighted by Gasteiger charge is -2.17. The van der Waals surface area contributed by atoms with Crippen molar-refractivity contribution >= 4 is 28.0 Å². The van der Waals surface area contributed by atoms with Gasteiger partial charge in [0.25, 0.3) is 0 Å². The fourth-order valence-corrected chi connectivity index (χ4v) is 7.08. The van der Waals surface area contributed by atoms with Crippen LogP contribution in [0.15, 0.2) is 0 Å². The Hall–Kier alpha value is 1.05. The fourth-order valence-electron chi connectivity index (χ4n) is 1.21. The normalized spacial score (nSPS) is 14.8. The first-order valence-corrected chi connectivity index (χ1v) is 10.1. The Labute approximate surface area is 95.4 Å². The molecule has 2 nitrogen and oxygen atoms in total. The first-order valence-electron chi connectivity index (χ1n) is 5.13. The molecule has 0 heterocycles. The van der Waals surface area contributed by atoms with Gasteiger partial charge in [-0.15, -0.1) is 10.1 Å². The Kier molecular flexibility index (Phi) is 7.89. The van der Waals surface area contributed by atoms with Crippen molar-refractivity contribution < 1.29 is 9.79 Å². The molecule has 0 aromatic carbocycles. The standard InChI is InChI=1S/C9H23O2PS2/c1-4-5-6-7-14(8-9(2)3)12(10,11)13/h9-11,13H,4-8H2,1-3H3. The van der Waals surface area contributed by atoms with Crippen molar-refractivity contribution in [1.82, 2.24) is 0 Å². The molecule has 0 fully saturated rings. The highest BCUT2D eigenvalue weighted by atomic mass is 32.9. The summed E-state index contributed by atoms with van der Waals surface area (Å²) in [5.74, 6) is 2.34. The third-order valence-corrected chi connectivity index (χ3v) is 9.51. The third kappa shape index (κ3) is 7.36. The minimum Gasteiger partial charge on any atom is -0.341 e. The zero-order valence-electron chi connectivity index (χ0n) is 9.31. The summed E-state index contributed by atoms with van der Waals surface area (Å²) >= 11 is 3.96. The maximum Gasteiger partial charge on any atom is 0.198 e. The topological polar surface area (TPSA) is 40.5 Å². The summed E-state index contributed by atoms with van der Waals surface area (Å²) in [4.78, 5) is 19.1. The van der Waals surface area contributed by atoms with Crippen molar-refractivity contribution in [2.75, 3.05) is 11.5 Å². The first-order chi connectivity index (χ1) is 6.38. The van der Waals surface area contributed by atoms with E-state index in [0.717, 1.165) is 17.9 Å². The smallest absolute Gasteiger partial charge is 0.198 e. The summed E-state index contributed by atoms with van der Waals surface area (Å²) in [5.41, 5.74) is -2.90. The lowest BCUT2D eigenvalue weighted by Crippen LogP contribution is -2.09. The van der Waals surface area contributed by atoms with Crippen LogP contribution in [-0.2, 0) is 10.1 Å². The van der Waals surface area contributed by atoms with Gasteiger partial charge in [0, 0.05) is 0 Å². The summed E-state index contributed by atoms with van der Waals surface area (Å²) in [5, 5.41) is 0. The van der Waals surface area contributed by atoms with E-state index < -0.39 is 5.69 Å². The highest BCUT2D eigenvalue weighted by Crippen LogP contribution is 2.47. The van der Waals surface area contributed by atoms with Gasteiger partial charge in [0.2, 0.25) is 0 Å². The molecule has 2 N–H and O–H groups in total. The highest BCUT2D eigenvalue weighted by molar-refractivity contribution is 8.65. The van der Waals surface area contributed by atoms with E-state index in [4.69, 9.17) is 0 Å². The van der Waals surface area contributed by atoms with Crippen molar-refractivity contribution in [2.24, 2.45) is 5.92 Å². The molecule has 0 rings (SSSR count). The Morgan fingerprint density at radius 3 is 2.21 bits per heavy atom. The van der Waals surface area contributed by atoms with E-state index in [1.165, 1.54) is 12.8 Å². The van der Waals surface area contributed by atoms with E-state index in [1.807, 2.05) is 0 Å². The number of hydrogen-bond donors (Lipinski definition) is 3. The van der Waals surface area contributed by atoms with Crippen molar-refractivity contribution in [1.29, 1.82) is 0 Å². The molecule has 5 heteroatoms. The highest BCUT2D eigenvalue weighted by Gasteiger charge is 2.12. The average Bonchev–Trinajstić information content (AvgIpc) is 2.00. The van der Waals surface area contributed by atoms with E-state index in [2.05, 4.69) is 33.0 Å². The Morgan fingerprint density at radius 2 is 1.86 bits per heavy atom. The monoisotopic (exact) mass is 258 g/mol. The third-order valence-electron chi connectivity index (χ3n) is 1.86. The van der Waals surface area contributed by atoms with Crippen LogP contribution in [0.4, 0.5) is 0 Å². The summed E-state index contributed by atoms with van der Waals surface area (Å²) in [7, 11) is -0.287. The van der Waals surface area contributed by atoms with Crippen LogP contribution in [0.1, 0.15) is 40.0 Å². The van der Waals surface area contributed by atoms with Crippen molar-refractivity contribution in [3.63, 3.8) is 0 Å². The van der Waals surface area contributed by atoms with Crippen LogP contribution in [0.3, 0.4) is 0 Å². The Bertz CT molecular complexity index is 203. The molecule has 0 saturated carbocycles. The molecular formula is C9H23O2PS2. The van der Waals surface area contributed by atoms with Crippen molar-refractivity contribution in [2.45, 2.75) is 40.0 Å². The quantitative estimate of drug-likeness (QED) is 0.389. The van der Waals surface area contributed by atoms with Gasteiger partial charge in [-0.05, 0) is 23.8 Å². The molecule has 1 unspecified atom stereocenters. The predicted octanol–water partition coefficient (Wildman–Crippen LogP) is 3.04. The summed E-state index contributed by atoms with van der Waals surface area (Å²) < 4.78 is 0. The van der Waals surface area contributed by atoms with Gasteiger partial charge in [-0.2, -0.15) is 0 Å². The minimum absolute atomic E-state index is 0.287. The molecule has 0 aliphatic rings. The van der Waals surface area contributed by atoms with Crippen LogP contribution in [-0.4, -0.2) is 21.3 Å². The van der Waals surface area contributed by atoms with Gasteiger partial charge in [0.05, 0.1) is 0 Å². The summed E-state index contributed by atoms with van der Waals surface area (Å²) in [6, 6.07) is 0. The zero-order valence-corrected chi connectivity index (χ0v) is 11.9. The average molecular weight is 258 g/mol. The molecular weight excluding hydrogens is 235 g/mol. The van der Waals surface area contributed by atoms with E-state index in [-0.39, 0.29) is 10.1 Å². The number of unbranched alkanes of at least 4 members (excludes halogenated alkanes) is 2. The zero-order chi connectivity index (χ0) is 11.2. The van der Waals surface area contributed by atoms with Crippen LogP contribution in [0, 0.1) is 5.92 Å². The van der Waals surface area contributed by atoms with Crippen LogP contribution >= 0.6 is 17.9 Å². The molecule has 0 aliphatic carbocycles. The van der Waals surface area contributed by atoms with E-state index >= 15 is 0 Å². The molecule has 0 bridgehead atoms. The molecule has 14 heavy (non-hydrogen) atoms. The second kappa shape index (κ2) is 7.34. The minimum atomic E-state index is -2.90. The van der Waals surface area contributed by atoms with Gasteiger partial charge in [-0.25, -0.2) is 0 Å². The lowest BCUT2D eigenvalue weighted by molar-refractivity contribution is 0.501. The molecule has 88 valence electrons. The Balaban J connectivity index is 4.29. The van der Waals surface area contributed by atoms with Crippen molar-refractivity contribution in [3.8, 4) is 0 Å². The molecule has 0 saturated heterocycles. The van der Waals surface area contributed by atoms with Gasteiger partial charge in [-0.1, -0.05) is 45.9 Å². The number of rotatable bonds is 6. The van der Waals surface area contributed by atoms with Gasteiger partial charge < -0.3 is 9.79 Å². The lowest BCUT2D eigenvalue weighted by atomic mass is 10.3. The van der Waals surface area contributed by atoms with Gasteiger partial charge in [0.15, 0.2) is 5.69 Å². The van der Waals surface area contributed by atoms with Crippen LogP contribution in [0.5, 0.6) is 0 Å². The molecule has 0 aliphatic heterocycles. The number of thiol groups is 1. The fraction of sp³-hybridized carbons (Fsp3) is 1.00. The van der Waals surface area contributed by atoms with Crippen molar-refractivity contribution in [3.05, 3.63) is 0 Å². The van der Waals surface area contributed by atoms with Crippen LogP contribution < -0.4 is 0 Å². The molecule has 1 atom stereocenters. The van der Waals surface area contributed by atoms with E-state index in [1.54, 1.807) is 0 Å². The van der Waals surface area contributed by atoms with Gasteiger partial charge in [0.1, 0.15) is 0 Å². The number of hydrogen-bond acceptors (Lipinski definition) is 0. The molecule has 0 spiro atoms. The molecule has 0 amide bonds. The maximum atomic E-state index is 9.57. The van der Waals surface area contributed by atoms with E-state index in [0.29, 0.717) is 5.92 Å². The maximum absolute atomic E-state index is 9.57. The molecule has 0 aromatic rings. The predicted molar refractivity (Wildman–Crippen MR) is 71.8 cm³/mol. The second-order valence-electron chi connectivity index (χ2n) is 3.95. The first kappa shape index (κ1) is 15.0. The van der Waals surface area contributed by atoms with Gasteiger partial charge >= 0.3 is 0 Å². The summed E-state index contributed by atoms with van der Waals surface area (Å²) in [6.45, 7) is 6.38. The van der Waals surface area contributed by atoms with Crippen LogP contribution in [0.2, 0.25) is 0 Å². The van der Waals surface area contributed by atoms with Gasteiger partial charge in [-0.3, -0.25) is 0 Å². The molecule has 0 radical (unpaired) electrons. The van der Waals surface area contributed by atoms with E-state index in [9.17, 15) is 9.79 Å². The van der Waals surface area contributed by atoms with Crippen LogP contribution in [0.25, 0.3) is 0 Å². The molecule has 0 aromatic heterocycles.